The lowest BCUT2D eigenvalue weighted by Gasteiger charge is -2.27. The maximum Gasteiger partial charge on any atom is 0.315 e. The van der Waals surface area contributed by atoms with E-state index in [0.717, 1.165) is 26.9 Å². The fourth-order valence-electron chi connectivity index (χ4n) is 2.52. The summed E-state index contributed by atoms with van der Waals surface area (Å²) in [5, 5.41) is 5.97. The van der Waals surface area contributed by atoms with Crippen LogP contribution in [0.2, 0.25) is 4.34 Å². The fourth-order valence-corrected chi connectivity index (χ4v) is 3.58. The third kappa shape index (κ3) is 3.36. The van der Waals surface area contributed by atoms with Gasteiger partial charge in [-0.05, 0) is 25.1 Å². The van der Waals surface area contributed by atoms with Crippen molar-refractivity contribution < 1.29 is 9.53 Å². The number of hydrogen-bond acceptors (Lipinski definition) is 3. The van der Waals surface area contributed by atoms with E-state index in [-0.39, 0.29) is 18.1 Å². The molecule has 0 saturated heterocycles. The molecule has 2 atom stereocenters. The highest BCUT2D eigenvalue weighted by Gasteiger charge is 2.23. The lowest BCUT2D eigenvalue weighted by Crippen LogP contribution is -2.40. The van der Waals surface area contributed by atoms with Crippen LogP contribution in [0.3, 0.4) is 0 Å². The van der Waals surface area contributed by atoms with E-state index < -0.39 is 0 Å². The largest absolute Gasteiger partial charge is 0.493 e. The van der Waals surface area contributed by atoms with Crippen LogP contribution in [0.25, 0.3) is 0 Å². The first-order valence-electron chi connectivity index (χ1n) is 7.17. The highest BCUT2D eigenvalue weighted by Crippen LogP contribution is 2.31. The summed E-state index contributed by atoms with van der Waals surface area (Å²) in [6, 6.07) is 11.3. The number of nitrogens with one attached hydrogen (secondary N) is 2. The molecule has 0 fully saturated rings. The SMILES string of the molecule is C[C@H](NC(=O)N[C@@H]1CCOc2ccccc21)c1ccc(Cl)s1. The molecule has 2 aromatic rings. The molecule has 4 nitrogen and oxygen atoms in total. The van der Waals surface area contributed by atoms with E-state index in [1.165, 1.54) is 11.3 Å². The molecular formula is C16H17ClN2O2S. The van der Waals surface area contributed by atoms with Crippen LogP contribution < -0.4 is 15.4 Å². The zero-order valence-electron chi connectivity index (χ0n) is 12.1. The van der Waals surface area contributed by atoms with Gasteiger partial charge in [0.05, 0.1) is 23.0 Å². The quantitative estimate of drug-likeness (QED) is 0.878. The average molecular weight is 337 g/mol. The molecule has 0 bridgehead atoms. The third-order valence-electron chi connectivity index (χ3n) is 3.63. The van der Waals surface area contributed by atoms with Crippen molar-refractivity contribution in [3.8, 4) is 5.75 Å². The zero-order valence-corrected chi connectivity index (χ0v) is 13.7. The molecule has 3 rings (SSSR count). The van der Waals surface area contributed by atoms with Crippen LogP contribution in [0.15, 0.2) is 36.4 Å². The van der Waals surface area contributed by atoms with Crippen molar-refractivity contribution in [2.45, 2.75) is 25.4 Å². The van der Waals surface area contributed by atoms with Crippen molar-refractivity contribution in [1.82, 2.24) is 10.6 Å². The summed E-state index contributed by atoms with van der Waals surface area (Å²) in [5.41, 5.74) is 1.02. The van der Waals surface area contributed by atoms with E-state index in [9.17, 15) is 4.79 Å². The monoisotopic (exact) mass is 336 g/mol. The summed E-state index contributed by atoms with van der Waals surface area (Å²) in [5.74, 6) is 0.845. The van der Waals surface area contributed by atoms with Crippen molar-refractivity contribution >= 4 is 29.0 Å². The van der Waals surface area contributed by atoms with Crippen molar-refractivity contribution in [2.24, 2.45) is 0 Å². The number of urea groups is 1. The number of amides is 2. The van der Waals surface area contributed by atoms with E-state index in [1.54, 1.807) is 0 Å². The lowest BCUT2D eigenvalue weighted by atomic mass is 10.0. The molecule has 2 N–H and O–H groups in total. The molecule has 22 heavy (non-hydrogen) atoms. The molecule has 116 valence electrons. The van der Waals surface area contributed by atoms with E-state index >= 15 is 0 Å². The topological polar surface area (TPSA) is 50.4 Å². The van der Waals surface area contributed by atoms with Crippen LogP contribution in [0.4, 0.5) is 4.79 Å². The summed E-state index contributed by atoms with van der Waals surface area (Å²) >= 11 is 7.40. The van der Waals surface area contributed by atoms with Gasteiger partial charge in [-0.3, -0.25) is 0 Å². The summed E-state index contributed by atoms with van der Waals surface area (Å²) in [6.07, 6.45) is 0.768. The number of fused-ring (bicyclic) bond motifs is 1. The molecule has 1 aromatic carbocycles. The van der Waals surface area contributed by atoms with Crippen LogP contribution >= 0.6 is 22.9 Å². The Hall–Kier alpha value is -1.72. The Kier molecular flexibility index (Phi) is 4.55. The average Bonchev–Trinajstić information content (AvgIpc) is 2.94. The minimum Gasteiger partial charge on any atom is -0.493 e. The van der Waals surface area contributed by atoms with Crippen molar-refractivity contribution in [1.29, 1.82) is 0 Å². The Morgan fingerprint density at radius 3 is 2.95 bits per heavy atom. The molecule has 1 aliphatic heterocycles. The molecule has 1 aromatic heterocycles. The van der Waals surface area contributed by atoms with Gasteiger partial charge in [-0.25, -0.2) is 4.79 Å². The van der Waals surface area contributed by atoms with Crippen molar-refractivity contribution in [3.63, 3.8) is 0 Å². The summed E-state index contributed by atoms with van der Waals surface area (Å²) < 4.78 is 6.33. The zero-order chi connectivity index (χ0) is 15.5. The number of hydrogen-bond donors (Lipinski definition) is 2. The van der Waals surface area contributed by atoms with Crippen LogP contribution in [0.1, 0.15) is 35.9 Å². The number of para-hydroxylation sites is 1. The predicted octanol–water partition coefficient (Wildman–Crippen LogP) is 4.29. The molecule has 0 radical (unpaired) electrons. The second-order valence-electron chi connectivity index (χ2n) is 5.21. The summed E-state index contributed by atoms with van der Waals surface area (Å²) in [4.78, 5) is 13.3. The molecular weight excluding hydrogens is 320 g/mol. The molecule has 2 amide bonds. The number of benzene rings is 1. The second kappa shape index (κ2) is 6.58. The van der Waals surface area contributed by atoms with E-state index in [1.807, 2.05) is 43.3 Å². The molecule has 6 heteroatoms. The number of rotatable bonds is 3. The first-order valence-corrected chi connectivity index (χ1v) is 8.37. The van der Waals surface area contributed by atoms with E-state index in [0.29, 0.717) is 6.61 Å². The molecule has 0 aliphatic carbocycles. The summed E-state index contributed by atoms with van der Waals surface area (Å²) in [7, 11) is 0. The van der Waals surface area contributed by atoms with E-state index in [4.69, 9.17) is 16.3 Å². The van der Waals surface area contributed by atoms with Gasteiger partial charge in [0.1, 0.15) is 5.75 Å². The number of carbonyl (C=O) groups is 1. The van der Waals surface area contributed by atoms with Gasteiger partial charge in [0.15, 0.2) is 0 Å². The van der Waals surface area contributed by atoms with Crippen molar-refractivity contribution in [2.75, 3.05) is 6.61 Å². The van der Waals surface area contributed by atoms with Crippen LogP contribution in [-0.4, -0.2) is 12.6 Å². The normalized spacial score (nSPS) is 18.0. The van der Waals surface area contributed by atoms with Gasteiger partial charge in [-0.15, -0.1) is 11.3 Å². The Morgan fingerprint density at radius 2 is 2.18 bits per heavy atom. The van der Waals surface area contributed by atoms with Crippen molar-refractivity contribution in [3.05, 3.63) is 51.2 Å². The maximum absolute atomic E-state index is 12.2. The molecule has 0 saturated carbocycles. The van der Waals surface area contributed by atoms with Gasteiger partial charge in [0, 0.05) is 16.9 Å². The molecule has 0 spiro atoms. The Morgan fingerprint density at radius 1 is 1.36 bits per heavy atom. The minimum atomic E-state index is -0.182. The fraction of sp³-hybridized carbons (Fsp3) is 0.312. The maximum atomic E-state index is 12.2. The number of carbonyl (C=O) groups excluding carboxylic acids is 1. The molecule has 1 aliphatic rings. The number of ether oxygens (including phenoxy) is 1. The second-order valence-corrected chi connectivity index (χ2v) is 6.96. The van der Waals surface area contributed by atoms with Crippen LogP contribution in [-0.2, 0) is 0 Å². The van der Waals surface area contributed by atoms with Crippen LogP contribution in [0, 0.1) is 0 Å². The Bertz CT molecular complexity index is 674. The lowest BCUT2D eigenvalue weighted by molar-refractivity contribution is 0.221. The van der Waals surface area contributed by atoms with Crippen LogP contribution in [0.5, 0.6) is 5.75 Å². The number of thiophene rings is 1. The summed E-state index contributed by atoms with van der Waals surface area (Å²) in [6.45, 7) is 2.55. The van der Waals surface area contributed by atoms with Gasteiger partial charge in [0.25, 0.3) is 0 Å². The Labute approximate surface area is 138 Å². The minimum absolute atomic E-state index is 0.0240. The van der Waals surface area contributed by atoms with Gasteiger partial charge >= 0.3 is 6.03 Å². The first kappa shape index (κ1) is 15.2. The molecule has 2 heterocycles. The first-order chi connectivity index (χ1) is 10.6. The smallest absolute Gasteiger partial charge is 0.315 e. The number of halogens is 1. The predicted molar refractivity (Wildman–Crippen MR) is 88.7 cm³/mol. The third-order valence-corrected chi connectivity index (χ3v) is 5.05. The highest BCUT2D eigenvalue weighted by atomic mass is 35.5. The van der Waals surface area contributed by atoms with Gasteiger partial charge in [-0.1, -0.05) is 29.8 Å². The van der Waals surface area contributed by atoms with E-state index in [2.05, 4.69) is 10.6 Å². The Balaban J connectivity index is 1.63. The van der Waals surface area contributed by atoms with Gasteiger partial charge < -0.3 is 15.4 Å². The highest BCUT2D eigenvalue weighted by molar-refractivity contribution is 7.16. The van der Waals surface area contributed by atoms with Gasteiger partial charge in [0.2, 0.25) is 0 Å². The van der Waals surface area contributed by atoms with Gasteiger partial charge in [-0.2, -0.15) is 0 Å². The standard InChI is InChI=1S/C16H17ClN2O2S/c1-10(14-6-7-15(17)22-14)18-16(20)19-12-8-9-21-13-5-3-2-4-11(12)13/h2-7,10,12H,8-9H2,1H3,(H2,18,19,20)/t10-,12+/m0/s1. The molecule has 0 unspecified atom stereocenters.